The van der Waals surface area contributed by atoms with Crippen molar-refractivity contribution in [2.45, 2.75) is 26.6 Å². The van der Waals surface area contributed by atoms with E-state index in [0.29, 0.717) is 18.7 Å². The molecule has 34 heavy (non-hydrogen) atoms. The van der Waals surface area contributed by atoms with E-state index in [9.17, 15) is 18.8 Å². The fourth-order valence-corrected chi connectivity index (χ4v) is 3.66. The van der Waals surface area contributed by atoms with Gasteiger partial charge in [0.15, 0.2) is 11.2 Å². The van der Waals surface area contributed by atoms with Crippen molar-refractivity contribution in [3.05, 3.63) is 92.6 Å². The van der Waals surface area contributed by atoms with E-state index < -0.39 is 29.5 Å². The Kier molecular flexibility index (Phi) is 6.69. The molecule has 1 N–H and O–H groups in total. The summed E-state index contributed by atoms with van der Waals surface area (Å²) >= 11 is 0. The third-order valence-corrected chi connectivity index (χ3v) is 5.46. The molecule has 0 aliphatic rings. The zero-order chi connectivity index (χ0) is 24.2. The Morgan fingerprint density at radius 3 is 2.59 bits per heavy atom. The van der Waals surface area contributed by atoms with Gasteiger partial charge in [-0.2, -0.15) is 0 Å². The van der Waals surface area contributed by atoms with Gasteiger partial charge in [0.1, 0.15) is 12.4 Å². The number of rotatable bonds is 8. The van der Waals surface area contributed by atoms with Gasteiger partial charge >= 0.3 is 5.69 Å². The van der Waals surface area contributed by atoms with Crippen molar-refractivity contribution in [3.8, 4) is 0 Å². The average Bonchev–Trinajstić information content (AvgIpc) is 3.25. The summed E-state index contributed by atoms with van der Waals surface area (Å²) in [6.45, 7) is 1.93. The summed E-state index contributed by atoms with van der Waals surface area (Å²) in [6, 6.07) is 13.5. The van der Waals surface area contributed by atoms with Crippen LogP contribution in [0.15, 0.2) is 64.4 Å². The maximum atomic E-state index is 13.9. The van der Waals surface area contributed by atoms with Crippen molar-refractivity contribution < 1.29 is 13.9 Å². The normalized spacial score (nSPS) is 11.1. The predicted molar refractivity (Wildman–Crippen MR) is 125 cm³/mol. The number of amides is 1. The number of imidazole rings is 1. The molecule has 0 aliphatic carbocycles. The molecule has 0 bridgehead atoms. The van der Waals surface area contributed by atoms with E-state index in [1.807, 2.05) is 30.3 Å². The maximum Gasteiger partial charge on any atom is 0.333 e. The molecule has 0 saturated carbocycles. The number of methoxy groups -OCH3 is 1. The highest BCUT2D eigenvalue weighted by Crippen LogP contribution is 2.14. The Morgan fingerprint density at radius 2 is 1.88 bits per heavy atom. The van der Waals surface area contributed by atoms with Crippen LogP contribution in [-0.4, -0.2) is 38.3 Å². The number of ether oxygens (including phenoxy) is 1. The lowest BCUT2D eigenvalue weighted by Crippen LogP contribution is -2.43. The summed E-state index contributed by atoms with van der Waals surface area (Å²) < 4.78 is 22.8. The third-order valence-electron chi connectivity index (χ3n) is 5.46. The number of benzene rings is 2. The molecule has 1 amide bonds. The number of anilines is 1. The molecule has 4 aromatic rings. The molecular weight excluding hydrogens is 441 g/mol. The second kappa shape index (κ2) is 9.84. The zero-order valence-corrected chi connectivity index (χ0v) is 18.8. The van der Waals surface area contributed by atoms with Crippen LogP contribution < -0.4 is 16.6 Å². The van der Waals surface area contributed by atoms with E-state index in [0.717, 1.165) is 10.1 Å². The van der Waals surface area contributed by atoms with Gasteiger partial charge in [0.25, 0.3) is 5.56 Å². The fraction of sp³-hybridized carbons (Fsp3) is 0.250. The van der Waals surface area contributed by atoms with Gasteiger partial charge in [-0.3, -0.25) is 14.2 Å². The first-order chi connectivity index (χ1) is 16.4. The van der Waals surface area contributed by atoms with Gasteiger partial charge in [0.2, 0.25) is 5.91 Å². The van der Waals surface area contributed by atoms with E-state index in [1.54, 1.807) is 24.7 Å². The quantitative estimate of drug-likeness (QED) is 0.430. The van der Waals surface area contributed by atoms with Gasteiger partial charge in [-0.1, -0.05) is 36.4 Å². The van der Waals surface area contributed by atoms with Crippen LogP contribution in [-0.2, 0) is 29.2 Å². The van der Waals surface area contributed by atoms with Gasteiger partial charge < -0.3 is 14.6 Å². The highest BCUT2D eigenvalue weighted by Gasteiger charge is 2.20. The highest BCUT2D eigenvalue weighted by molar-refractivity contribution is 5.90. The van der Waals surface area contributed by atoms with Crippen molar-refractivity contribution >= 4 is 22.8 Å². The minimum atomic E-state index is -0.663. The van der Waals surface area contributed by atoms with Crippen LogP contribution in [0.2, 0.25) is 0 Å². The molecule has 2 heterocycles. The first-order valence-corrected chi connectivity index (χ1v) is 10.7. The summed E-state index contributed by atoms with van der Waals surface area (Å²) in [5, 5.41) is 2.54. The average molecular weight is 465 g/mol. The number of carbonyl (C=O) groups excluding carboxylic acids is 1. The van der Waals surface area contributed by atoms with E-state index in [2.05, 4.69) is 10.3 Å². The fourth-order valence-electron chi connectivity index (χ4n) is 3.66. The van der Waals surface area contributed by atoms with Crippen LogP contribution in [0.4, 0.5) is 10.1 Å². The van der Waals surface area contributed by atoms with Gasteiger partial charge in [0, 0.05) is 19.3 Å². The molecule has 2 aromatic heterocycles. The van der Waals surface area contributed by atoms with Crippen LogP contribution in [0.5, 0.6) is 0 Å². The Balaban J connectivity index is 1.76. The van der Waals surface area contributed by atoms with Crippen LogP contribution in [0, 0.1) is 12.7 Å². The summed E-state index contributed by atoms with van der Waals surface area (Å²) in [5.74, 6) is -1.10. The van der Waals surface area contributed by atoms with E-state index in [-0.39, 0.29) is 23.4 Å². The van der Waals surface area contributed by atoms with Crippen molar-refractivity contribution in [2.75, 3.05) is 19.0 Å². The van der Waals surface area contributed by atoms with Crippen LogP contribution in [0.3, 0.4) is 0 Å². The molecule has 0 atom stereocenters. The Labute approximate surface area is 194 Å². The number of aryl methyl sites for hydroxylation is 1. The first-order valence-electron chi connectivity index (χ1n) is 10.7. The second-order valence-corrected chi connectivity index (χ2v) is 7.86. The standard InChI is InChI=1S/C24H24FN5O4/c1-16-8-9-18(12-19(16)25)27-20(31)14-30-23(32)21-22(26-15-28(21)10-11-34-2)29(24(30)33)13-17-6-4-3-5-7-17/h3-9,12,15H,10-11,13-14H2,1-2H3,(H,27,31). The number of halogens is 1. The summed E-state index contributed by atoms with van der Waals surface area (Å²) in [4.78, 5) is 43.6. The molecule has 0 fully saturated rings. The molecular formula is C24H24FN5O4. The topological polar surface area (TPSA) is 100 Å². The minimum absolute atomic E-state index is 0.169. The lowest BCUT2D eigenvalue weighted by atomic mass is 10.2. The van der Waals surface area contributed by atoms with E-state index >= 15 is 0 Å². The van der Waals surface area contributed by atoms with Gasteiger partial charge in [-0.05, 0) is 30.2 Å². The Morgan fingerprint density at radius 1 is 1.12 bits per heavy atom. The Bertz CT molecular complexity index is 1460. The number of aromatic nitrogens is 4. The Hall–Kier alpha value is -4.05. The highest BCUT2D eigenvalue weighted by atomic mass is 19.1. The number of carbonyl (C=O) groups is 1. The largest absolute Gasteiger partial charge is 0.383 e. The van der Waals surface area contributed by atoms with E-state index in [4.69, 9.17) is 4.74 Å². The van der Waals surface area contributed by atoms with Crippen molar-refractivity contribution in [2.24, 2.45) is 0 Å². The predicted octanol–water partition coefficient (Wildman–Crippen LogP) is 2.14. The molecule has 9 nitrogen and oxygen atoms in total. The van der Waals surface area contributed by atoms with Crippen LogP contribution >= 0.6 is 0 Å². The van der Waals surface area contributed by atoms with Crippen LogP contribution in [0.1, 0.15) is 11.1 Å². The van der Waals surface area contributed by atoms with E-state index in [1.165, 1.54) is 23.0 Å². The maximum absolute atomic E-state index is 13.9. The SMILES string of the molecule is COCCn1cnc2c1c(=O)n(CC(=O)Nc1ccc(C)c(F)c1)c(=O)n2Cc1ccccc1. The lowest BCUT2D eigenvalue weighted by Gasteiger charge is -2.13. The molecule has 0 radical (unpaired) electrons. The first kappa shape index (κ1) is 23.1. The minimum Gasteiger partial charge on any atom is -0.383 e. The molecule has 2 aromatic carbocycles. The monoisotopic (exact) mass is 465 g/mol. The van der Waals surface area contributed by atoms with Crippen molar-refractivity contribution in [3.63, 3.8) is 0 Å². The summed E-state index contributed by atoms with van der Waals surface area (Å²) in [6.07, 6.45) is 1.48. The third kappa shape index (κ3) is 4.67. The molecule has 0 unspecified atom stereocenters. The number of nitrogens with one attached hydrogen (secondary N) is 1. The molecule has 0 saturated heterocycles. The van der Waals surface area contributed by atoms with Gasteiger partial charge in [-0.25, -0.2) is 18.7 Å². The van der Waals surface area contributed by atoms with Crippen LogP contribution in [0.25, 0.3) is 11.2 Å². The molecule has 0 aliphatic heterocycles. The lowest BCUT2D eigenvalue weighted by molar-refractivity contribution is -0.116. The number of hydrogen-bond acceptors (Lipinski definition) is 5. The molecule has 4 rings (SSSR count). The second-order valence-electron chi connectivity index (χ2n) is 7.86. The van der Waals surface area contributed by atoms with Crippen molar-refractivity contribution in [1.82, 2.24) is 18.7 Å². The smallest absolute Gasteiger partial charge is 0.333 e. The molecule has 0 spiro atoms. The summed E-state index contributed by atoms with van der Waals surface area (Å²) in [7, 11) is 1.54. The summed E-state index contributed by atoms with van der Waals surface area (Å²) in [5.41, 5.74) is 0.632. The molecule has 176 valence electrons. The number of fused-ring (bicyclic) bond motifs is 1. The number of hydrogen-bond donors (Lipinski definition) is 1. The number of nitrogens with zero attached hydrogens (tertiary/aromatic N) is 4. The molecule has 10 heteroatoms. The van der Waals surface area contributed by atoms with Gasteiger partial charge in [-0.15, -0.1) is 0 Å². The van der Waals surface area contributed by atoms with Crippen molar-refractivity contribution in [1.29, 1.82) is 0 Å². The van der Waals surface area contributed by atoms with Gasteiger partial charge in [0.05, 0.1) is 19.5 Å². The zero-order valence-electron chi connectivity index (χ0n) is 18.8.